The van der Waals surface area contributed by atoms with Gasteiger partial charge < -0.3 is 28.8 Å². The van der Waals surface area contributed by atoms with Crippen LogP contribution in [0.1, 0.15) is 47.5 Å². The van der Waals surface area contributed by atoms with Gasteiger partial charge in [-0.05, 0) is 33.8 Å². The van der Waals surface area contributed by atoms with Crippen LogP contribution in [0.25, 0.3) is 10.4 Å². The largest absolute Gasteiger partial charge is 0.405 e. The van der Waals surface area contributed by atoms with Crippen LogP contribution in [0.15, 0.2) is 65.8 Å². The number of rotatable bonds is 8. The predicted octanol–water partition coefficient (Wildman–Crippen LogP) is 3.91. The summed E-state index contributed by atoms with van der Waals surface area (Å²) < 4.78 is 26.1. The van der Waals surface area contributed by atoms with Gasteiger partial charge in [-0.1, -0.05) is 100 Å². The monoisotopic (exact) mass is 581 g/mol. The molecule has 3 aliphatic heterocycles. The van der Waals surface area contributed by atoms with E-state index in [2.05, 4.69) is 55.1 Å². The van der Waals surface area contributed by atoms with Crippen molar-refractivity contribution in [3.63, 3.8) is 0 Å². The standard InChI is InChI=1S/C31H43N3O6Si/c1-19-25(18-37-41(31(3,4)5,21-12-8-6-9-13-21)22-14-10-7-11-15-22)39-30(26(28(19)36)33-34-32)40-29-20(2)27(35)23-16-17-24(29)38-23/h6-15,19-20,23-30,35-36H,16-18H2,1-5H3/t19-,20-,23?,24?,25?,26?,27+,28+,29?,30+/m1/s1. The van der Waals surface area contributed by atoms with Crippen LogP contribution < -0.4 is 10.4 Å². The average Bonchev–Trinajstić information content (AvgIpc) is 3.42. The van der Waals surface area contributed by atoms with Crippen molar-refractivity contribution >= 4 is 18.7 Å². The molecule has 0 aliphatic carbocycles. The highest BCUT2D eigenvalue weighted by molar-refractivity contribution is 6.99. The summed E-state index contributed by atoms with van der Waals surface area (Å²) in [6.45, 7) is 10.7. The maximum absolute atomic E-state index is 11.4. The fraction of sp³-hybridized carbons (Fsp3) is 0.613. The number of hydrogen-bond acceptors (Lipinski definition) is 7. The van der Waals surface area contributed by atoms with E-state index >= 15 is 0 Å². The highest BCUT2D eigenvalue weighted by Gasteiger charge is 2.53. The fourth-order valence-electron chi connectivity index (χ4n) is 6.94. The van der Waals surface area contributed by atoms with Gasteiger partial charge in [-0.15, -0.1) is 0 Å². The molecule has 222 valence electrons. The van der Waals surface area contributed by atoms with Crippen molar-refractivity contribution in [1.82, 2.24) is 0 Å². The molecule has 3 aliphatic rings. The molecule has 0 radical (unpaired) electrons. The molecule has 10 heteroatoms. The first-order chi connectivity index (χ1) is 19.6. The number of ether oxygens (including phenoxy) is 3. The normalized spacial score (nSPS) is 35.6. The number of aliphatic hydroxyl groups is 2. The molecular formula is C31H43N3O6Si. The summed E-state index contributed by atoms with van der Waals surface area (Å²) in [6.07, 6.45) is -2.47. The molecule has 3 fully saturated rings. The molecule has 0 spiro atoms. The second kappa shape index (κ2) is 12.1. The van der Waals surface area contributed by atoms with Gasteiger partial charge in [-0.3, -0.25) is 0 Å². The van der Waals surface area contributed by atoms with Gasteiger partial charge in [-0.2, -0.15) is 0 Å². The Morgan fingerprint density at radius 2 is 1.49 bits per heavy atom. The first kappa shape index (κ1) is 30.2. The van der Waals surface area contributed by atoms with Crippen LogP contribution in [-0.4, -0.2) is 74.1 Å². The summed E-state index contributed by atoms with van der Waals surface area (Å²) in [6, 6.07) is 19.8. The molecule has 2 N–H and O–H groups in total. The van der Waals surface area contributed by atoms with Gasteiger partial charge >= 0.3 is 0 Å². The lowest BCUT2D eigenvalue weighted by Gasteiger charge is -2.48. The van der Waals surface area contributed by atoms with E-state index in [-0.39, 0.29) is 35.7 Å². The summed E-state index contributed by atoms with van der Waals surface area (Å²) in [5.74, 6) is -0.579. The minimum absolute atomic E-state index is 0.183. The van der Waals surface area contributed by atoms with Gasteiger partial charge in [0.1, 0.15) is 6.04 Å². The van der Waals surface area contributed by atoms with Gasteiger partial charge in [0.2, 0.25) is 0 Å². The van der Waals surface area contributed by atoms with Crippen LogP contribution in [0.3, 0.4) is 0 Å². The van der Waals surface area contributed by atoms with E-state index in [1.54, 1.807) is 0 Å². The van der Waals surface area contributed by atoms with Crippen molar-refractivity contribution in [3.8, 4) is 0 Å². The van der Waals surface area contributed by atoms with E-state index in [9.17, 15) is 15.7 Å². The quantitative estimate of drug-likeness (QED) is 0.211. The Bertz CT molecular complexity index is 1170. The first-order valence-electron chi connectivity index (χ1n) is 14.7. The Balaban J connectivity index is 1.44. The summed E-state index contributed by atoms with van der Waals surface area (Å²) in [4.78, 5) is 2.99. The molecule has 2 aromatic rings. The molecule has 10 atom stereocenters. The van der Waals surface area contributed by atoms with E-state index in [1.807, 2.05) is 50.2 Å². The molecule has 5 unspecified atom stereocenters. The van der Waals surface area contributed by atoms with Crippen LogP contribution in [-0.2, 0) is 18.6 Å². The number of benzene rings is 2. The van der Waals surface area contributed by atoms with Crippen molar-refractivity contribution in [1.29, 1.82) is 0 Å². The van der Waals surface area contributed by atoms with Crippen molar-refractivity contribution in [2.24, 2.45) is 17.0 Å². The molecule has 3 heterocycles. The van der Waals surface area contributed by atoms with Crippen LogP contribution in [0.2, 0.25) is 5.04 Å². The van der Waals surface area contributed by atoms with Crippen LogP contribution in [0.5, 0.6) is 0 Å². The van der Waals surface area contributed by atoms with E-state index in [0.717, 1.165) is 23.2 Å². The van der Waals surface area contributed by atoms with Gasteiger partial charge in [0.15, 0.2) is 6.29 Å². The van der Waals surface area contributed by atoms with Crippen molar-refractivity contribution in [3.05, 3.63) is 71.1 Å². The van der Waals surface area contributed by atoms with E-state index < -0.39 is 45.1 Å². The average molecular weight is 582 g/mol. The third-order valence-electron chi connectivity index (χ3n) is 9.31. The molecular weight excluding hydrogens is 538 g/mol. The topological polar surface area (TPSA) is 126 Å². The molecule has 9 nitrogen and oxygen atoms in total. The summed E-state index contributed by atoms with van der Waals surface area (Å²) >= 11 is 0. The van der Waals surface area contributed by atoms with Gasteiger partial charge in [-0.25, -0.2) is 0 Å². The summed E-state index contributed by atoms with van der Waals surface area (Å²) in [5, 5.41) is 28.1. The third kappa shape index (κ3) is 5.60. The number of fused-ring (bicyclic) bond motifs is 2. The lowest BCUT2D eigenvalue weighted by molar-refractivity contribution is -0.294. The van der Waals surface area contributed by atoms with Crippen molar-refractivity contribution in [2.45, 2.75) is 101 Å². The van der Waals surface area contributed by atoms with Crippen LogP contribution in [0, 0.1) is 11.8 Å². The molecule has 41 heavy (non-hydrogen) atoms. The van der Waals surface area contributed by atoms with E-state index in [1.165, 1.54) is 0 Å². The second-order valence-electron chi connectivity index (χ2n) is 12.8. The Labute approximate surface area is 243 Å². The second-order valence-corrected chi connectivity index (χ2v) is 17.1. The lowest BCUT2D eigenvalue weighted by atomic mass is 9.89. The smallest absolute Gasteiger partial charge is 0.261 e. The first-order valence-corrected chi connectivity index (χ1v) is 16.6. The summed E-state index contributed by atoms with van der Waals surface area (Å²) in [5.41, 5.74) is 9.31. The highest BCUT2D eigenvalue weighted by Crippen LogP contribution is 2.41. The zero-order valence-electron chi connectivity index (χ0n) is 24.5. The number of azide groups is 1. The molecule has 3 saturated heterocycles. The lowest BCUT2D eigenvalue weighted by Crippen LogP contribution is -2.68. The zero-order valence-corrected chi connectivity index (χ0v) is 25.5. The number of hydrogen-bond donors (Lipinski definition) is 2. The Morgan fingerprint density at radius 1 is 0.902 bits per heavy atom. The molecule has 0 saturated carbocycles. The van der Waals surface area contributed by atoms with Gasteiger partial charge in [0.25, 0.3) is 8.32 Å². The maximum Gasteiger partial charge on any atom is 0.261 e. The molecule has 5 rings (SSSR count). The van der Waals surface area contributed by atoms with Crippen molar-refractivity contribution < 1.29 is 28.8 Å². The molecule has 0 amide bonds. The van der Waals surface area contributed by atoms with Crippen molar-refractivity contribution in [2.75, 3.05) is 6.61 Å². The molecule has 2 bridgehead atoms. The number of nitrogens with zero attached hydrogens (tertiary/aromatic N) is 3. The Kier molecular flexibility index (Phi) is 8.94. The fourth-order valence-corrected chi connectivity index (χ4v) is 11.5. The SMILES string of the molecule is C[C@@H]1C(CO[Si](c2ccccc2)(c2ccccc2)C(C)(C)C)O[C@@H](OC2C3CCC(O3)[C@@H](O)[C@H]2C)C(N=[N+]=[N-])[C@H]1O. The number of aliphatic hydroxyl groups excluding tert-OH is 2. The zero-order chi connectivity index (χ0) is 29.4. The Morgan fingerprint density at radius 3 is 2.05 bits per heavy atom. The maximum atomic E-state index is 11.4. The minimum atomic E-state index is -2.85. The van der Waals surface area contributed by atoms with Gasteiger partial charge in [0.05, 0.1) is 43.2 Å². The van der Waals surface area contributed by atoms with E-state index in [0.29, 0.717) is 0 Å². The molecule has 2 aromatic carbocycles. The highest BCUT2D eigenvalue weighted by atomic mass is 28.4. The van der Waals surface area contributed by atoms with Crippen LogP contribution >= 0.6 is 0 Å². The third-order valence-corrected chi connectivity index (χ3v) is 14.3. The van der Waals surface area contributed by atoms with Gasteiger partial charge in [0, 0.05) is 16.7 Å². The predicted molar refractivity (Wildman–Crippen MR) is 158 cm³/mol. The van der Waals surface area contributed by atoms with Crippen LogP contribution in [0.4, 0.5) is 0 Å². The van der Waals surface area contributed by atoms with E-state index in [4.69, 9.17) is 18.6 Å². The minimum Gasteiger partial charge on any atom is -0.405 e. The molecule has 0 aromatic heterocycles. The Hall–Kier alpha value is -2.27. The summed E-state index contributed by atoms with van der Waals surface area (Å²) in [7, 11) is -2.85.